The first-order valence-corrected chi connectivity index (χ1v) is 30.8. The minimum atomic E-state index is -1.45. The topological polar surface area (TPSA) is 307 Å². The lowest BCUT2D eigenvalue weighted by Gasteiger charge is -2.29. The van der Waals surface area contributed by atoms with Crippen LogP contribution in [0, 0.1) is 11.8 Å². The minimum Gasteiger partial charge on any atom is -0.462 e. The van der Waals surface area contributed by atoms with Crippen molar-refractivity contribution in [3.63, 3.8) is 0 Å². The van der Waals surface area contributed by atoms with E-state index < -0.39 is 107 Å². The van der Waals surface area contributed by atoms with Crippen LogP contribution in [0.2, 0.25) is 5.02 Å². The van der Waals surface area contributed by atoms with Gasteiger partial charge in [0.2, 0.25) is 35.4 Å². The van der Waals surface area contributed by atoms with Crippen molar-refractivity contribution in [1.82, 2.24) is 47.6 Å². The van der Waals surface area contributed by atoms with Crippen LogP contribution in [0.4, 0.5) is 9.59 Å². The van der Waals surface area contributed by atoms with Crippen molar-refractivity contribution in [1.29, 1.82) is 0 Å². The molecule has 2 fully saturated rings. The quantitative estimate of drug-likeness (QED) is 0.0220. The Hall–Kier alpha value is -7.01. The first kappa shape index (κ1) is 71.5. The van der Waals surface area contributed by atoms with Gasteiger partial charge in [-0.2, -0.15) is 0 Å². The van der Waals surface area contributed by atoms with Crippen molar-refractivity contribution < 1.29 is 67.0 Å². The van der Waals surface area contributed by atoms with Gasteiger partial charge in [-0.15, -0.1) is 5.06 Å². The molecule has 1 saturated carbocycles. The van der Waals surface area contributed by atoms with Crippen LogP contribution in [0.15, 0.2) is 54.6 Å². The Kier molecular flexibility index (Phi) is 30.6. The molecule has 86 heavy (non-hydrogen) atoms. The van der Waals surface area contributed by atoms with Gasteiger partial charge in [-0.3, -0.25) is 33.6 Å². The summed E-state index contributed by atoms with van der Waals surface area (Å²) in [6.07, 6.45) is 5.67. The van der Waals surface area contributed by atoms with Gasteiger partial charge in [0.05, 0.1) is 0 Å². The van der Waals surface area contributed by atoms with E-state index in [9.17, 15) is 47.9 Å². The smallest absolute Gasteiger partial charge is 0.408 e. The number of nitrogens with zero attached hydrogens (tertiary/aromatic N) is 1. The average molecular weight is 1220 g/mol. The number of hydrogen-bond acceptors (Lipinski definition) is 15. The summed E-state index contributed by atoms with van der Waals surface area (Å²) in [5, 5.41) is 23.5. The highest BCUT2D eigenvalue weighted by molar-refractivity contribution is 6.31. The summed E-state index contributed by atoms with van der Waals surface area (Å²) in [6.45, 7) is 16.4. The van der Waals surface area contributed by atoms with E-state index in [2.05, 4.69) is 42.5 Å². The molecule has 478 valence electrons. The van der Waals surface area contributed by atoms with Crippen LogP contribution in [-0.2, 0) is 70.4 Å². The van der Waals surface area contributed by atoms with Gasteiger partial charge in [0.1, 0.15) is 60.6 Å². The summed E-state index contributed by atoms with van der Waals surface area (Å²) in [5.74, 6) is -6.13. The summed E-state index contributed by atoms with van der Waals surface area (Å²) in [4.78, 5) is 143. The zero-order valence-electron chi connectivity index (χ0n) is 51.7. The molecule has 24 heteroatoms. The molecule has 8 amide bonds. The molecule has 0 unspecified atom stereocenters. The maximum atomic E-state index is 14.5. The zero-order valence-corrected chi connectivity index (χ0v) is 52.4. The molecular weight excluding hydrogens is 1130 g/mol. The largest absolute Gasteiger partial charge is 0.462 e. The van der Waals surface area contributed by atoms with Gasteiger partial charge in [0.15, 0.2) is 0 Å². The Morgan fingerprint density at radius 1 is 0.570 bits per heavy atom. The number of nitrogens with one attached hydrogen (secondary N) is 8. The van der Waals surface area contributed by atoms with Crippen LogP contribution in [0.25, 0.3) is 0 Å². The number of rotatable bonds is 32. The molecule has 1 aliphatic carbocycles. The van der Waals surface area contributed by atoms with E-state index in [0.717, 1.165) is 38.5 Å². The maximum Gasteiger partial charge on any atom is 0.408 e. The molecule has 0 radical (unpaired) electrons. The predicted octanol–water partition coefficient (Wildman–Crippen LogP) is 6.51. The number of carbonyl (C=O) groups is 10. The lowest BCUT2D eigenvalue weighted by molar-refractivity contribution is -0.197. The van der Waals surface area contributed by atoms with Crippen LogP contribution in [0.3, 0.4) is 0 Å². The van der Waals surface area contributed by atoms with Crippen molar-refractivity contribution in [3.05, 3.63) is 70.7 Å². The molecule has 23 nitrogen and oxygen atoms in total. The highest BCUT2D eigenvalue weighted by Gasteiger charge is 2.35. The van der Waals surface area contributed by atoms with Gasteiger partial charge in [0, 0.05) is 43.1 Å². The maximum absolute atomic E-state index is 14.5. The number of amides is 8. The van der Waals surface area contributed by atoms with Crippen LogP contribution in [-0.4, -0.2) is 138 Å². The number of hydroxylamine groups is 2. The van der Waals surface area contributed by atoms with Crippen LogP contribution in [0.5, 0.6) is 0 Å². The Morgan fingerprint density at radius 3 is 1.69 bits per heavy atom. The number of carbonyl (C=O) groups excluding carboxylic acids is 10. The molecule has 0 aromatic heterocycles. The van der Waals surface area contributed by atoms with E-state index >= 15 is 0 Å². The summed E-state index contributed by atoms with van der Waals surface area (Å²) in [5.41, 5.74) is 0.480. The number of esters is 1. The number of piperidine rings is 1. The van der Waals surface area contributed by atoms with Gasteiger partial charge >= 0.3 is 24.1 Å². The highest BCUT2D eigenvalue weighted by atomic mass is 35.5. The molecule has 2 aliphatic rings. The van der Waals surface area contributed by atoms with Gasteiger partial charge in [-0.25, -0.2) is 14.4 Å². The third-order valence-corrected chi connectivity index (χ3v) is 14.6. The number of ether oxygens (including phenoxy) is 3. The predicted molar refractivity (Wildman–Crippen MR) is 322 cm³/mol. The molecular formula is C62H94ClN9O14. The molecule has 4 rings (SSSR count). The molecule has 0 bridgehead atoms. The SMILES string of the molecule is CC(C)C[C@H](NC(=O)[C@H](CCC(=O)OC1CCCCC1)NC(=O)[C@H](C)NC(=O)[C@H](Cc1ccccc1)NC(=O)[C@H](C)NC(=O)OC(C)(C)C)C(=O)N[C@@H](CC(C)C)C(=O)N[C@@H](CCCCNC(=O)OCc1ccccc1Cl)C(=O)ON1CCCCC1. The second-order valence-electron chi connectivity index (χ2n) is 24.1. The molecule has 0 spiro atoms. The van der Waals surface area contributed by atoms with Gasteiger partial charge in [0.25, 0.3) is 0 Å². The number of alkyl carbamates (subject to hydrolysis) is 2. The van der Waals surface area contributed by atoms with Crippen LogP contribution >= 0.6 is 11.6 Å². The van der Waals surface area contributed by atoms with Crippen molar-refractivity contribution in [2.24, 2.45) is 11.8 Å². The minimum absolute atomic E-state index is 0.00302. The number of unbranched alkanes of at least 4 members (excludes halogenated alkanes) is 1. The second-order valence-corrected chi connectivity index (χ2v) is 24.5. The van der Waals surface area contributed by atoms with E-state index in [-0.39, 0.29) is 69.6 Å². The number of benzene rings is 2. The third-order valence-electron chi connectivity index (χ3n) is 14.2. The average Bonchev–Trinajstić information content (AvgIpc) is 3.27. The Balaban J connectivity index is 1.50. The van der Waals surface area contributed by atoms with Crippen molar-refractivity contribution in [3.8, 4) is 0 Å². The van der Waals surface area contributed by atoms with E-state index in [1.165, 1.54) is 13.8 Å². The standard InChI is InChI=1S/C62H94ClN9O14/c1-39(2)35-49(57(78)68-48(59(80)86-72-33-21-12-22-34-72)29-19-20-32-64-60(81)83-38-44-25-17-18-28-46(44)63)71-58(79)50(36-40(3)4)70-55(76)47(30-31-52(73)84-45-26-15-11-16-27-45)67-53(74)41(5)65-56(77)51(37-43-23-13-10-14-24-43)69-54(75)42(6)66-61(82)85-62(7,8)9/h10,13-14,17-18,23-25,28,39-42,45,47-51H,11-12,15-16,19-22,26-27,29-38H2,1-9H3,(H,64,81)(H,65,77)(H,66,82)(H,67,74)(H,68,78)(H,69,75)(H,70,76)(H,71,79)/t41-,42-,47-,48-,49-,50-,51-/m0/s1. The van der Waals surface area contributed by atoms with Crippen molar-refractivity contribution >= 4 is 71.2 Å². The Labute approximate surface area is 511 Å². The fraction of sp³-hybridized carbons (Fsp3) is 0.645. The Bertz CT molecular complexity index is 2540. The third kappa shape index (κ3) is 27.6. The fourth-order valence-corrected chi connectivity index (χ4v) is 9.82. The van der Waals surface area contributed by atoms with Crippen molar-refractivity contribution in [2.45, 2.75) is 226 Å². The fourth-order valence-electron chi connectivity index (χ4n) is 9.63. The van der Waals surface area contributed by atoms with Crippen LogP contribution in [0.1, 0.15) is 170 Å². The van der Waals surface area contributed by atoms with Gasteiger partial charge in [-0.1, -0.05) is 101 Å². The molecule has 1 saturated heterocycles. The summed E-state index contributed by atoms with van der Waals surface area (Å²) < 4.78 is 16.3. The van der Waals surface area contributed by atoms with E-state index in [1.54, 1.807) is 80.4 Å². The highest BCUT2D eigenvalue weighted by Crippen LogP contribution is 2.22. The molecule has 7 atom stereocenters. The summed E-state index contributed by atoms with van der Waals surface area (Å²) >= 11 is 6.19. The molecule has 2 aromatic rings. The van der Waals surface area contributed by atoms with Gasteiger partial charge < -0.3 is 61.6 Å². The lowest BCUT2D eigenvalue weighted by atomic mass is 9.98. The first-order chi connectivity index (χ1) is 40.8. The Morgan fingerprint density at radius 2 is 1.09 bits per heavy atom. The molecule has 1 heterocycles. The number of halogens is 1. The van der Waals surface area contributed by atoms with E-state index in [4.69, 9.17) is 30.6 Å². The van der Waals surface area contributed by atoms with E-state index in [1.807, 2.05) is 27.7 Å². The second kappa shape index (κ2) is 36.9. The van der Waals surface area contributed by atoms with Crippen LogP contribution < -0.4 is 42.5 Å². The molecule has 2 aromatic carbocycles. The normalized spacial score (nSPS) is 16.3. The summed E-state index contributed by atoms with van der Waals surface area (Å²) in [7, 11) is 0. The zero-order chi connectivity index (χ0) is 63.3. The number of hydrogen-bond donors (Lipinski definition) is 8. The molecule has 1 aliphatic heterocycles. The first-order valence-electron chi connectivity index (χ1n) is 30.4. The van der Waals surface area contributed by atoms with Gasteiger partial charge in [-0.05, 0) is 135 Å². The van der Waals surface area contributed by atoms with Crippen molar-refractivity contribution in [2.75, 3.05) is 19.6 Å². The van der Waals surface area contributed by atoms with E-state index in [0.29, 0.717) is 54.9 Å². The lowest BCUT2D eigenvalue weighted by Crippen LogP contribution is -2.60. The summed E-state index contributed by atoms with van der Waals surface area (Å²) in [6, 6.07) is 7.06. The monoisotopic (exact) mass is 1220 g/mol. The molecule has 8 N–H and O–H groups in total.